The monoisotopic (exact) mass is 414 g/mol. The highest BCUT2D eigenvalue weighted by molar-refractivity contribution is 6.05. The third-order valence-corrected chi connectivity index (χ3v) is 4.43. The number of aromatic nitrogens is 1. The number of anilines is 1. The first kappa shape index (κ1) is 21.4. The Bertz CT molecular complexity index is 1060. The molecule has 2 aromatic carbocycles. The van der Waals surface area contributed by atoms with Crippen molar-refractivity contribution in [3.05, 3.63) is 83.2 Å². The fourth-order valence-electron chi connectivity index (χ4n) is 2.85. The molecule has 1 aromatic heterocycles. The first-order valence-corrected chi connectivity index (χ1v) is 9.37. The molecule has 0 saturated carbocycles. The van der Waals surface area contributed by atoms with E-state index in [1.54, 1.807) is 37.3 Å². The smallest absolute Gasteiger partial charge is 0.416 e. The van der Waals surface area contributed by atoms with Crippen molar-refractivity contribution in [1.29, 1.82) is 0 Å². The molecule has 0 radical (unpaired) electrons. The predicted octanol–water partition coefficient (Wildman–Crippen LogP) is 6.58. The molecule has 30 heavy (non-hydrogen) atoms. The number of aryl methyl sites for hydroxylation is 1. The number of nitrogens with one attached hydrogen (secondary N) is 1. The largest absolute Gasteiger partial charge is 0.457 e. The van der Waals surface area contributed by atoms with Crippen molar-refractivity contribution in [2.24, 2.45) is 0 Å². The molecule has 0 spiro atoms. The van der Waals surface area contributed by atoms with Crippen molar-refractivity contribution >= 4 is 11.6 Å². The van der Waals surface area contributed by atoms with Crippen molar-refractivity contribution < 1.29 is 22.7 Å². The zero-order valence-corrected chi connectivity index (χ0v) is 16.7. The molecule has 0 atom stereocenters. The molecule has 1 amide bonds. The van der Waals surface area contributed by atoms with E-state index in [0.717, 1.165) is 17.8 Å². The fraction of sp³-hybridized carbons (Fsp3) is 0.217. The summed E-state index contributed by atoms with van der Waals surface area (Å²) >= 11 is 0. The van der Waals surface area contributed by atoms with Gasteiger partial charge < -0.3 is 10.1 Å². The SMILES string of the molecule is Cc1nc(C(C)C)ccc1C(=O)Nc1cccc(Oc2cccc(C(F)(F)F)c2)c1. The Kier molecular flexibility index (Phi) is 6.10. The number of amides is 1. The summed E-state index contributed by atoms with van der Waals surface area (Å²) < 4.78 is 44.2. The number of carbonyl (C=O) groups is 1. The number of hydrogen-bond acceptors (Lipinski definition) is 3. The molecule has 3 rings (SSSR count). The number of halogens is 3. The summed E-state index contributed by atoms with van der Waals surface area (Å²) in [7, 11) is 0. The maximum Gasteiger partial charge on any atom is 0.416 e. The van der Waals surface area contributed by atoms with E-state index in [0.29, 0.717) is 22.7 Å². The lowest BCUT2D eigenvalue weighted by Gasteiger charge is -2.12. The molecule has 0 unspecified atom stereocenters. The normalized spacial score (nSPS) is 11.4. The average Bonchev–Trinajstić information content (AvgIpc) is 2.67. The number of carbonyl (C=O) groups excluding carboxylic acids is 1. The number of benzene rings is 2. The Balaban J connectivity index is 1.75. The van der Waals surface area contributed by atoms with Gasteiger partial charge in [-0.3, -0.25) is 9.78 Å². The Hall–Kier alpha value is -3.35. The van der Waals surface area contributed by atoms with E-state index < -0.39 is 11.7 Å². The van der Waals surface area contributed by atoms with Crippen LogP contribution < -0.4 is 10.1 Å². The third kappa shape index (κ3) is 5.17. The number of nitrogens with zero attached hydrogens (tertiary/aromatic N) is 1. The van der Waals surface area contributed by atoms with Gasteiger partial charge in [-0.1, -0.05) is 26.0 Å². The number of rotatable bonds is 5. The van der Waals surface area contributed by atoms with Crippen molar-refractivity contribution in [2.75, 3.05) is 5.32 Å². The Morgan fingerprint density at radius 1 is 1.00 bits per heavy atom. The van der Waals surface area contributed by atoms with Crippen LogP contribution in [0, 0.1) is 6.92 Å². The molecule has 0 aliphatic carbocycles. The number of alkyl halides is 3. The van der Waals surface area contributed by atoms with Crippen LogP contribution in [-0.4, -0.2) is 10.9 Å². The van der Waals surface area contributed by atoms with Gasteiger partial charge in [0.25, 0.3) is 5.91 Å². The van der Waals surface area contributed by atoms with Gasteiger partial charge in [0.15, 0.2) is 0 Å². The van der Waals surface area contributed by atoms with Crippen molar-refractivity contribution in [3.8, 4) is 11.5 Å². The van der Waals surface area contributed by atoms with E-state index >= 15 is 0 Å². The van der Waals surface area contributed by atoms with Crippen LogP contribution >= 0.6 is 0 Å². The minimum Gasteiger partial charge on any atom is -0.457 e. The van der Waals surface area contributed by atoms with Crippen LogP contribution in [0.2, 0.25) is 0 Å². The topological polar surface area (TPSA) is 51.2 Å². The highest BCUT2D eigenvalue weighted by Gasteiger charge is 2.30. The first-order chi connectivity index (χ1) is 14.1. The van der Waals surface area contributed by atoms with Gasteiger partial charge >= 0.3 is 6.18 Å². The molecule has 156 valence electrons. The van der Waals surface area contributed by atoms with E-state index in [9.17, 15) is 18.0 Å². The van der Waals surface area contributed by atoms with Gasteiger partial charge in [-0.25, -0.2) is 0 Å². The standard InChI is InChI=1S/C23H21F3N2O2/c1-14(2)21-11-10-20(15(3)27-21)22(29)28-17-7-5-9-19(13-17)30-18-8-4-6-16(12-18)23(24,25)26/h4-14H,1-3H3,(H,28,29). The molecule has 1 heterocycles. The van der Waals surface area contributed by atoms with Crippen LogP contribution in [0.1, 0.15) is 47.1 Å². The van der Waals surface area contributed by atoms with E-state index in [2.05, 4.69) is 10.3 Å². The zero-order chi connectivity index (χ0) is 21.9. The van der Waals surface area contributed by atoms with Gasteiger partial charge in [0.1, 0.15) is 11.5 Å². The van der Waals surface area contributed by atoms with E-state index in [1.165, 1.54) is 12.1 Å². The fourth-order valence-corrected chi connectivity index (χ4v) is 2.85. The quantitative estimate of drug-likeness (QED) is 0.513. The highest BCUT2D eigenvalue weighted by atomic mass is 19.4. The molecular formula is C23H21F3N2O2. The van der Waals surface area contributed by atoms with E-state index in [1.807, 2.05) is 19.9 Å². The lowest BCUT2D eigenvalue weighted by molar-refractivity contribution is -0.137. The van der Waals surface area contributed by atoms with Gasteiger partial charge in [-0.2, -0.15) is 13.2 Å². The molecule has 0 aliphatic heterocycles. The van der Waals surface area contributed by atoms with Gasteiger partial charge in [0.2, 0.25) is 0 Å². The second-order valence-corrected chi connectivity index (χ2v) is 7.13. The molecular weight excluding hydrogens is 393 g/mol. The minimum atomic E-state index is -4.45. The average molecular weight is 414 g/mol. The number of ether oxygens (including phenoxy) is 1. The van der Waals surface area contributed by atoms with Crippen LogP contribution in [0.4, 0.5) is 18.9 Å². The second-order valence-electron chi connectivity index (χ2n) is 7.13. The maximum absolute atomic E-state index is 12.9. The Labute approximate surface area is 172 Å². The maximum atomic E-state index is 12.9. The van der Waals surface area contributed by atoms with Gasteiger partial charge in [0.05, 0.1) is 16.8 Å². The summed E-state index contributed by atoms with van der Waals surface area (Å²) in [4.78, 5) is 17.1. The predicted molar refractivity (Wildman–Crippen MR) is 109 cm³/mol. The molecule has 0 saturated heterocycles. The number of hydrogen-bond donors (Lipinski definition) is 1. The minimum absolute atomic E-state index is 0.0534. The zero-order valence-electron chi connectivity index (χ0n) is 16.7. The van der Waals surface area contributed by atoms with Gasteiger partial charge in [0, 0.05) is 17.4 Å². The Morgan fingerprint density at radius 3 is 2.30 bits per heavy atom. The second kappa shape index (κ2) is 8.57. The van der Waals surface area contributed by atoms with Gasteiger partial charge in [-0.15, -0.1) is 0 Å². The first-order valence-electron chi connectivity index (χ1n) is 9.37. The molecule has 0 bridgehead atoms. The van der Waals surface area contributed by atoms with E-state index in [-0.39, 0.29) is 17.6 Å². The van der Waals surface area contributed by atoms with Crippen molar-refractivity contribution in [1.82, 2.24) is 4.98 Å². The molecule has 1 N–H and O–H groups in total. The lowest BCUT2D eigenvalue weighted by atomic mass is 10.1. The molecule has 4 nitrogen and oxygen atoms in total. The van der Waals surface area contributed by atoms with Crippen LogP contribution in [0.15, 0.2) is 60.7 Å². The molecule has 0 fully saturated rings. The summed E-state index contributed by atoms with van der Waals surface area (Å²) in [5, 5.41) is 2.77. The summed E-state index contributed by atoms with van der Waals surface area (Å²) in [6.07, 6.45) is -4.45. The van der Waals surface area contributed by atoms with Crippen molar-refractivity contribution in [2.45, 2.75) is 32.9 Å². The highest BCUT2D eigenvalue weighted by Crippen LogP contribution is 2.33. The van der Waals surface area contributed by atoms with E-state index in [4.69, 9.17) is 4.74 Å². The van der Waals surface area contributed by atoms with Crippen LogP contribution in [-0.2, 0) is 6.18 Å². The Morgan fingerprint density at radius 2 is 1.67 bits per heavy atom. The van der Waals surface area contributed by atoms with Crippen molar-refractivity contribution in [3.63, 3.8) is 0 Å². The summed E-state index contributed by atoms with van der Waals surface area (Å²) in [5.41, 5.74) is 1.63. The van der Waals surface area contributed by atoms with Crippen LogP contribution in [0.3, 0.4) is 0 Å². The molecule has 7 heteroatoms. The molecule has 3 aromatic rings. The summed E-state index contributed by atoms with van der Waals surface area (Å²) in [5.74, 6) is 0.284. The molecule has 0 aliphatic rings. The number of pyridine rings is 1. The van der Waals surface area contributed by atoms with Gasteiger partial charge in [-0.05, 0) is 55.3 Å². The third-order valence-electron chi connectivity index (χ3n) is 4.43. The van der Waals surface area contributed by atoms with Crippen LogP contribution in [0.25, 0.3) is 0 Å². The van der Waals surface area contributed by atoms with Crippen LogP contribution in [0.5, 0.6) is 11.5 Å². The summed E-state index contributed by atoms with van der Waals surface area (Å²) in [6.45, 7) is 5.82. The summed E-state index contributed by atoms with van der Waals surface area (Å²) in [6, 6.07) is 14.6. The lowest BCUT2D eigenvalue weighted by Crippen LogP contribution is -2.14.